The summed E-state index contributed by atoms with van der Waals surface area (Å²) in [5.41, 5.74) is 2.12. The largest absolute Gasteiger partial charge is 0.494 e. The van der Waals surface area contributed by atoms with Crippen LogP contribution in [-0.2, 0) is 6.42 Å². The maximum Gasteiger partial charge on any atom is 0.171 e. The first-order chi connectivity index (χ1) is 10.0. The molecule has 112 valence electrons. The zero-order valence-electron chi connectivity index (χ0n) is 12.6. The molecule has 0 aliphatic rings. The molecular formula is C18H21FO2. The molecule has 2 aromatic rings. The minimum absolute atomic E-state index is 0.142. The third kappa shape index (κ3) is 3.61. The molecule has 21 heavy (non-hydrogen) atoms. The minimum Gasteiger partial charge on any atom is -0.494 e. The van der Waals surface area contributed by atoms with E-state index in [0.717, 1.165) is 6.42 Å². The highest BCUT2D eigenvalue weighted by Gasteiger charge is 2.17. The van der Waals surface area contributed by atoms with Crippen LogP contribution in [0.4, 0.5) is 4.39 Å². The van der Waals surface area contributed by atoms with Crippen LogP contribution in [-0.4, -0.2) is 12.2 Å². The number of halogens is 1. The zero-order valence-corrected chi connectivity index (χ0v) is 12.6. The van der Waals surface area contributed by atoms with Gasteiger partial charge in [0.25, 0.3) is 0 Å². The molecule has 1 atom stereocenters. The highest BCUT2D eigenvalue weighted by molar-refractivity contribution is 5.37. The number of methoxy groups -OCH3 is 1. The molecule has 0 aromatic heterocycles. The van der Waals surface area contributed by atoms with Crippen LogP contribution >= 0.6 is 0 Å². The molecule has 1 N–H and O–H groups in total. The van der Waals surface area contributed by atoms with Gasteiger partial charge in [-0.15, -0.1) is 0 Å². The number of benzene rings is 2. The number of aliphatic hydroxyl groups excluding tert-OH is 1. The number of ether oxygens (including phenoxy) is 1. The Balaban J connectivity index is 2.26. The average molecular weight is 288 g/mol. The SMILES string of the molecule is COc1cccc(C(O)c2ccc(CC(C)C)cc2)c1F. The normalized spacial score (nSPS) is 12.5. The van der Waals surface area contributed by atoms with Gasteiger partial charge in [0.05, 0.1) is 7.11 Å². The smallest absolute Gasteiger partial charge is 0.171 e. The molecule has 2 rings (SSSR count). The van der Waals surface area contributed by atoms with Crippen molar-refractivity contribution in [1.82, 2.24) is 0 Å². The average Bonchev–Trinajstić information content (AvgIpc) is 2.47. The molecular weight excluding hydrogens is 267 g/mol. The van der Waals surface area contributed by atoms with Gasteiger partial charge in [-0.2, -0.15) is 0 Å². The van der Waals surface area contributed by atoms with E-state index in [0.29, 0.717) is 11.5 Å². The van der Waals surface area contributed by atoms with Crippen LogP contribution in [0.1, 0.15) is 36.6 Å². The van der Waals surface area contributed by atoms with Crippen molar-refractivity contribution in [2.75, 3.05) is 7.11 Å². The number of hydrogen-bond acceptors (Lipinski definition) is 2. The first-order valence-corrected chi connectivity index (χ1v) is 7.12. The Hall–Kier alpha value is -1.87. The highest BCUT2D eigenvalue weighted by Crippen LogP contribution is 2.29. The van der Waals surface area contributed by atoms with Crippen LogP contribution in [0, 0.1) is 11.7 Å². The second kappa shape index (κ2) is 6.72. The van der Waals surface area contributed by atoms with Crippen LogP contribution in [0.25, 0.3) is 0 Å². The summed E-state index contributed by atoms with van der Waals surface area (Å²) in [4.78, 5) is 0. The van der Waals surface area contributed by atoms with Gasteiger partial charge in [-0.1, -0.05) is 50.2 Å². The Labute approximate surface area is 125 Å². The summed E-state index contributed by atoms with van der Waals surface area (Å²) in [7, 11) is 1.41. The summed E-state index contributed by atoms with van der Waals surface area (Å²) in [6.07, 6.45) is -0.00243. The van der Waals surface area contributed by atoms with Crippen LogP contribution < -0.4 is 4.74 Å². The molecule has 3 heteroatoms. The maximum atomic E-state index is 14.2. The van der Waals surface area contributed by atoms with Crippen molar-refractivity contribution < 1.29 is 14.2 Å². The predicted octanol–water partition coefficient (Wildman–Crippen LogP) is 4.11. The Kier molecular flexibility index (Phi) is 4.97. The van der Waals surface area contributed by atoms with Gasteiger partial charge in [-0.05, 0) is 29.5 Å². The van der Waals surface area contributed by atoms with Crippen LogP contribution in [0.3, 0.4) is 0 Å². The quantitative estimate of drug-likeness (QED) is 0.897. The van der Waals surface area contributed by atoms with E-state index in [9.17, 15) is 9.50 Å². The molecule has 1 unspecified atom stereocenters. The molecule has 0 spiro atoms. The van der Waals surface area contributed by atoms with Gasteiger partial charge in [-0.25, -0.2) is 4.39 Å². The third-order valence-electron chi connectivity index (χ3n) is 3.45. The molecule has 0 aliphatic carbocycles. The molecule has 0 heterocycles. The molecule has 0 saturated carbocycles. The summed E-state index contributed by atoms with van der Waals surface area (Å²) in [6, 6.07) is 12.4. The molecule has 0 saturated heterocycles. The van der Waals surface area contributed by atoms with E-state index in [-0.39, 0.29) is 11.3 Å². The lowest BCUT2D eigenvalue weighted by atomic mass is 9.97. The van der Waals surface area contributed by atoms with Gasteiger partial charge in [-0.3, -0.25) is 0 Å². The summed E-state index contributed by atoms with van der Waals surface area (Å²) >= 11 is 0. The van der Waals surface area contributed by atoms with Gasteiger partial charge in [0, 0.05) is 5.56 Å². The van der Waals surface area contributed by atoms with Crippen molar-refractivity contribution in [3.8, 4) is 5.75 Å². The minimum atomic E-state index is -0.992. The number of aliphatic hydroxyl groups is 1. The summed E-state index contributed by atoms with van der Waals surface area (Å²) in [5.74, 6) is 0.207. The van der Waals surface area contributed by atoms with Gasteiger partial charge < -0.3 is 9.84 Å². The third-order valence-corrected chi connectivity index (χ3v) is 3.45. The predicted molar refractivity (Wildman–Crippen MR) is 82.0 cm³/mol. The fourth-order valence-corrected chi connectivity index (χ4v) is 2.38. The Morgan fingerprint density at radius 1 is 1.10 bits per heavy atom. The van der Waals surface area contributed by atoms with E-state index in [1.54, 1.807) is 12.1 Å². The standard InChI is InChI=1S/C18H21FO2/c1-12(2)11-13-7-9-14(10-8-13)18(20)15-5-4-6-16(21-3)17(15)19/h4-10,12,18,20H,11H2,1-3H3. The summed E-state index contributed by atoms with van der Waals surface area (Å²) in [5, 5.41) is 10.4. The Morgan fingerprint density at radius 2 is 1.76 bits per heavy atom. The Bertz CT molecular complexity index is 591. The second-order valence-corrected chi connectivity index (χ2v) is 5.61. The van der Waals surface area contributed by atoms with Crippen molar-refractivity contribution in [2.45, 2.75) is 26.4 Å². The van der Waals surface area contributed by atoms with Gasteiger partial charge >= 0.3 is 0 Å². The first kappa shape index (κ1) is 15.5. The number of hydrogen-bond donors (Lipinski definition) is 1. The van der Waals surface area contributed by atoms with Crippen LogP contribution in [0.15, 0.2) is 42.5 Å². The van der Waals surface area contributed by atoms with Gasteiger partial charge in [0.1, 0.15) is 6.10 Å². The van der Waals surface area contributed by atoms with Crippen molar-refractivity contribution in [3.05, 3.63) is 65.0 Å². The van der Waals surface area contributed by atoms with E-state index in [1.807, 2.05) is 24.3 Å². The lowest BCUT2D eigenvalue weighted by Gasteiger charge is -2.15. The Morgan fingerprint density at radius 3 is 2.33 bits per heavy atom. The second-order valence-electron chi connectivity index (χ2n) is 5.61. The summed E-state index contributed by atoms with van der Waals surface area (Å²) in [6.45, 7) is 4.32. The molecule has 0 aliphatic heterocycles. The van der Waals surface area contributed by atoms with Crippen molar-refractivity contribution in [2.24, 2.45) is 5.92 Å². The van der Waals surface area contributed by atoms with Gasteiger partial charge in [0.15, 0.2) is 11.6 Å². The zero-order chi connectivity index (χ0) is 15.4. The molecule has 0 radical (unpaired) electrons. The van der Waals surface area contributed by atoms with Crippen LogP contribution in [0.2, 0.25) is 0 Å². The van der Waals surface area contributed by atoms with Crippen LogP contribution in [0.5, 0.6) is 5.75 Å². The lowest BCUT2D eigenvalue weighted by molar-refractivity contribution is 0.213. The highest BCUT2D eigenvalue weighted by atomic mass is 19.1. The van der Waals surface area contributed by atoms with E-state index in [4.69, 9.17) is 4.74 Å². The molecule has 0 bridgehead atoms. The van der Waals surface area contributed by atoms with E-state index >= 15 is 0 Å². The van der Waals surface area contributed by atoms with E-state index in [2.05, 4.69) is 13.8 Å². The molecule has 0 amide bonds. The maximum absolute atomic E-state index is 14.2. The molecule has 0 fully saturated rings. The van der Waals surface area contributed by atoms with E-state index in [1.165, 1.54) is 18.7 Å². The fraction of sp³-hybridized carbons (Fsp3) is 0.333. The molecule has 2 aromatic carbocycles. The van der Waals surface area contributed by atoms with Crippen molar-refractivity contribution in [1.29, 1.82) is 0 Å². The summed E-state index contributed by atoms with van der Waals surface area (Å²) < 4.78 is 19.1. The van der Waals surface area contributed by atoms with Crippen molar-refractivity contribution >= 4 is 0 Å². The molecule has 2 nitrogen and oxygen atoms in total. The first-order valence-electron chi connectivity index (χ1n) is 7.12. The topological polar surface area (TPSA) is 29.5 Å². The lowest BCUT2D eigenvalue weighted by Crippen LogP contribution is -2.04. The number of rotatable bonds is 5. The van der Waals surface area contributed by atoms with E-state index < -0.39 is 11.9 Å². The van der Waals surface area contributed by atoms with Crippen molar-refractivity contribution in [3.63, 3.8) is 0 Å². The van der Waals surface area contributed by atoms with Gasteiger partial charge in [0.2, 0.25) is 0 Å². The monoisotopic (exact) mass is 288 g/mol. The fourth-order valence-electron chi connectivity index (χ4n) is 2.38.